The number of fused-ring (bicyclic) bond motifs is 1. The van der Waals surface area contributed by atoms with Crippen LogP contribution in [-0.4, -0.2) is 107 Å². The predicted molar refractivity (Wildman–Crippen MR) is 135 cm³/mol. The third-order valence-corrected chi connectivity index (χ3v) is 7.86. The number of nitrogens with zero attached hydrogens (tertiary/aromatic N) is 6. The highest BCUT2D eigenvalue weighted by molar-refractivity contribution is 7.19. The van der Waals surface area contributed by atoms with Gasteiger partial charge < -0.3 is 14.7 Å². The van der Waals surface area contributed by atoms with Crippen molar-refractivity contribution in [3.05, 3.63) is 53.3 Å². The molecule has 2 fully saturated rings. The first kappa shape index (κ1) is 24.1. The zero-order chi connectivity index (χ0) is 24.4. The van der Waals surface area contributed by atoms with Crippen LogP contribution in [0.5, 0.6) is 5.75 Å². The molecule has 3 aromatic rings. The number of ether oxygens (including phenoxy) is 1. The Morgan fingerprint density at radius 2 is 2.03 bits per heavy atom. The van der Waals surface area contributed by atoms with E-state index in [9.17, 15) is 9.90 Å². The molecule has 9 nitrogen and oxygen atoms in total. The normalized spacial score (nSPS) is 21.3. The molecule has 2 saturated heterocycles. The fourth-order valence-electron chi connectivity index (χ4n) is 4.84. The Kier molecular flexibility index (Phi) is 7.26. The second-order valence-corrected chi connectivity index (χ2v) is 10.5. The van der Waals surface area contributed by atoms with Gasteiger partial charge >= 0.3 is 0 Å². The number of phenols is 1. The number of hydrogen-bond acceptors (Lipinski definition) is 9. The molecule has 0 aliphatic carbocycles. The van der Waals surface area contributed by atoms with E-state index in [2.05, 4.69) is 30.7 Å². The van der Waals surface area contributed by atoms with Gasteiger partial charge in [-0.1, -0.05) is 12.1 Å². The Hall–Kier alpha value is -2.63. The molecule has 186 valence electrons. The molecule has 0 spiro atoms. The number of amides is 1. The summed E-state index contributed by atoms with van der Waals surface area (Å²) in [6, 6.07) is 9.54. The Morgan fingerprint density at radius 3 is 2.77 bits per heavy atom. The highest BCUT2D eigenvalue weighted by atomic mass is 32.1. The third kappa shape index (κ3) is 5.46. The molecule has 4 heterocycles. The number of phenolic OH excluding ortho intramolecular Hbond substituents is 1. The molecular formula is C25H32N6O3S. The van der Waals surface area contributed by atoms with Crippen molar-refractivity contribution in [2.45, 2.75) is 12.3 Å². The van der Waals surface area contributed by atoms with Crippen LogP contribution >= 0.6 is 11.3 Å². The molecule has 0 radical (unpaired) electrons. The van der Waals surface area contributed by atoms with Crippen molar-refractivity contribution < 1.29 is 14.6 Å². The van der Waals surface area contributed by atoms with Gasteiger partial charge in [0.05, 0.1) is 35.6 Å². The summed E-state index contributed by atoms with van der Waals surface area (Å²) in [7, 11) is 3.61. The van der Waals surface area contributed by atoms with Crippen molar-refractivity contribution in [2.24, 2.45) is 0 Å². The number of piperazine rings is 1. The smallest absolute Gasteiger partial charge is 0.236 e. The van der Waals surface area contributed by atoms with Crippen LogP contribution in [0, 0.1) is 0 Å². The van der Waals surface area contributed by atoms with Crippen molar-refractivity contribution in [1.82, 2.24) is 29.6 Å². The maximum atomic E-state index is 12.2. The molecule has 1 aromatic carbocycles. The molecule has 0 bridgehead atoms. The molecule has 2 atom stereocenters. The first-order valence-corrected chi connectivity index (χ1v) is 12.8. The minimum Gasteiger partial charge on any atom is -0.508 e. The van der Waals surface area contributed by atoms with E-state index in [1.54, 1.807) is 48.8 Å². The number of likely N-dealkylation sites (N-methyl/N-ethyl adjacent to an activating group) is 1. The maximum absolute atomic E-state index is 12.2. The number of benzene rings is 1. The van der Waals surface area contributed by atoms with Crippen LogP contribution < -0.4 is 0 Å². The zero-order valence-corrected chi connectivity index (χ0v) is 21.0. The Labute approximate surface area is 209 Å². The number of aromatic hydroxyl groups is 1. The fourth-order valence-corrected chi connectivity index (χ4v) is 6.00. The van der Waals surface area contributed by atoms with Gasteiger partial charge in [0.2, 0.25) is 5.91 Å². The second-order valence-electron chi connectivity index (χ2n) is 9.34. The van der Waals surface area contributed by atoms with E-state index in [-0.39, 0.29) is 23.9 Å². The quantitative estimate of drug-likeness (QED) is 0.556. The number of carbonyl (C=O) groups is 1. The van der Waals surface area contributed by atoms with Gasteiger partial charge in [0.1, 0.15) is 12.1 Å². The van der Waals surface area contributed by atoms with Crippen molar-refractivity contribution in [3.63, 3.8) is 0 Å². The Bertz CT molecular complexity index is 1130. The number of hydrogen-bond donors (Lipinski definition) is 1. The molecule has 2 aliphatic rings. The minimum atomic E-state index is -0.105. The molecule has 1 amide bonds. The predicted octanol–water partition coefficient (Wildman–Crippen LogP) is 2.17. The van der Waals surface area contributed by atoms with E-state index in [1.165, 1.54) is 4.88 Å². The Morgan fingerprint density at radius 1 is 1.20 bits per heavy atom. The van der Waals surface area contributed by atoms with E-state index in [0.717, 1.165) is 55.0 Å². The number of rotatable bonds is 6. The fraction of sp³-hybridized carbons (Fsp3) is 0.480. The first-order valence-electron chi connectivity index (χ1n) is 12.0. The van der Waals surface area contributed by atoms with Crippen molar-refractivity contribution in [2.75, 3.05) is 66.5 Å². The summed E-state index contributed by atoms with van der Waals surface area (Å²) in [5.74, 6) is 0.395. The van der Waals surface area contributed by atoms with Gasteiger partial charge in [-0.15, -0.1) is 11.3 Å². The lowest BCUT2D eigenvalue weighted by atomic mass is 10.1. The van der Waals surface area contributed by atoms with Gasteiger partial charge in [0.15, 0.2) is 0 Å². The SMILES string of the molecule is CN(C)C(=O)CN1CCN(C(c2cc3ncncc3s2)N2CCOC(c3cccc(O)c3)C2)CC1. The van der Waals surface area contributed by atoms with Crippen LogP contribution in [0.1, 0.15) is 22.7 Å². The van der Waals surface area contributed by atoms with Crippen LogP contribution in [0.4, 0.5) is 0 Å². The summed E-state index contributed by atoms with van der Waals surface area (Å²) < 4.78 is 7.21. The molecule has 10 heteroatoms. The monoisotopic (exact) mass is 496 g/mol. The topological polar surface area (TPSA) is 85.3 Å². The maximum Gasteiger partial charge on any atom is 0.236 e. The van der Waals surface area contributed by atoms with Crippen molar-refractivity contribution >= 4 is 27.5 Å². The highest BCUT2D eigenvalue weighted by Gasteiger charge is 2.35. The average molecular weight is 497 g/mol. The first-order chi connectivity index (χ1) is 17.0. The van der Waals surface area contributed by atoms with Crippen LogP contribution in [0.25, 0.3) is 10.2 Å². The number of morpholine rings is 1. The summed E-state index contributed by atoms with van der Waals surface area (Å²) in [5, 5.41) is 9.98. The lowest BCUT2D eigenvalue weighted by molar-refractivity contribution is -0.131. The van der Waals surface area contributed by atoms with Crippen LogP contribution in [-0.2, 0) is 9.53 Å². The summed E-state index contributed by atoms with van der Waals surface area (Å²) in [5.41, 5.74) is 1.96. The van der Waals surface area contributed by atoms with Crippen molar-refractivity contribution in [1.29, 1.82) is 0 Å². The minimum absolute atomic E-state index is 0.0876. The largest absolute Gasteiger partial charge is 0.508 e. The van der Waals surface area contributed by atoms with Gasteiger partial charge in [-0.3, -0.25) is 19.5 Å². The van der Waals surface area contributed by atoms with Crippen LogP contribution in [0.2, 0.25) is 0 Å². The zero-order valence-electron chi connectivity index (χ0n) is 20.2. The molecule has 2 unspecified atom stereocenters. The molecule has 0 saturated carbocycles. The Balaban J connectivity index is 1.38. The molecule has 2 aromatic heterocycles. The summed E-state index contributed by atoms with van der Waals surface area (Å²) in [6.45, 7) is 6.08. The number of carbonyl (C=O) groups excluding carboxylic acids is 1. The number of thiophene rings is 1. The van der Waals surface area contributed by atoms with E-state index < -0.39 is 0 Å². The van der Waals surface area contributed by atoms with Crippen molar-refractivity contribution in [3.8, 4) is 5.75 Å². The van der Waals surface area contributed by atoms with Gasteiger partial charge in [-0.2, -0.15) is 0 Å². The van der Waals surface area contributed by atoms with E-state index >= 15 is 0 Å². The van der Waals surface area contributed by atoms with E-state index in [4.69, 9.17) is 4.74 Å². The second kappa shape index (κ2) is 10.5. The van der Waals surface area contributed by atoms with Gasteiger partial charge in [0, 0.05) is 64.4 Å². The molecule has 35 heavy (non-hydrogen) atoms. The highest BCUT2D eigenvalue weighted by Crippen LogP contribution is 2.37. The lowest BCUT2D eigenvalue weighted by Crippen LogP contribution is -2.54. The summed E-state index contributed by atoms with van der Waals surface area (Å²) >= 11 is 1.74. The van der Waals surface area contributed by atoms with Crippen LogP contribution in [0.15, 0.2) is 42.9 Å². The van der Waals surface area contributed by atoms with E-state index in [0.29, 0.717) is 13.2 Å². The molecule has 1 N–H and O–H groups in total. The van der Waals surface area contributed by atoms with Gasteiger partial charge in [-0.25, -0.2) is 9.97 Å². The average Bonchev–Trinajstić information content (AvgIpc) is 3.29. The molecule has 5 rings (SSSR count). The van der Waals surface area contributed by atoms with Gasteiger partial charge in [-0.05, 0) is 23.8 Å². The number of aromatic nitrogens is 2. The summed E-state index contributed by atoms with van der Waals surface area (Å²) in [6.07, 6.45) is 3.46. The molecule has 2 aliphatic heterocycles. The van der Waals surface area contributed by atoms with Gasteiger partial charge in [0.25, 0.3) is 0 Å². The lowest BCUT2D eigenvalue weighted by Gasteiger charge is -2.46. The van der Waals surface area contributed by atoms with E-state index in [1.807, 2.05) is 18.3 Å². The van der Waals surface area contributed by atoms with Crippen LogP contribution in [0.3, 0.4) is 0 Å². The third-order valence-electron chi connectivity index (χ3n) is 6.77. The summed E-state index contributed by atoms with van der Waals surface area (Å²) in [4.78, 5) is 31.0. The standard InChI is InChI=1S/C25H32N6O3S/c1-28(2)24(33)16-29-6-8-30(9-7-29)25(22-13-20-23(35-22)14-26-17-27-20)31-10-11-34-21(15-31)18-4-3-5-19(32)12-18/h3-5,12-14,17,21,25,32H,6-11,15-16H2,1-2H3. The molecular weight excluding hydrogens is 464 g/mol.